The number of nitrogens with one attached hydrogen (secondary N) is 1. The van der Waals surface area contributed by atoms with Crippen LogP contribution in [0.2, 0.25) is 5.02 Å². The highest BCUT2D eigenvalue weighted by molar-refractivity contribution is 6.30. The van der Waals surface area contributed by atoms with Crippen molar-refractivity contribution in [1.29, 1.82) is 0 Å². The SMILES string of the molecule is Cn1nc2c(c1NCCN1CCN(c3ccc(Cl)cc3)CC1)CCCC2. The molecule has 1 aliphatic carbocycles. The highest BCUT2D eigenvalue weighted by atomic mass is 35.5. The van der Waals surface area contributed by atoms with Gasteiger partial charge in [0, 0.05) is 62.6 Å². The summed E-state index contributed by atoms with van der Waals surface area (Å²) in [7, 11) is 2.06. The molecule has 0 amide bonds. The van der Waals surface area contributed by atoms with Crippen LogP contribution in [0.5, 0.6) is 0 Å². The molecule has 0 radical (unpaired) electrons. The molecule has 4 rings (SSSR count). The molecule has 1 aromatic heterocycles. The van der Waals surface area contributed by atoms with Crippen LogP contribution in [-0.2, 0) is 19.9 Å². The van der Waals surface area contributed by atoms with Gasteiger partial charge in [-0.2, -0.15) is 5.10 Å². The fraction of sp³-hybridized carbons (Fsp3) is 0.550. The van der Waals surface area contributed by atoms with Gasteiger partial charge >= 0.3 is 0 Å². The molecule has 0 saturated carbocycles. The first-order valence-corrected chi connectivity index (χ1v) is 10.1. The molecule has 1 aromatic carbocycles. The molecule has 2 aliphatic rings. The van der Waals surface area contributed by atoms with E-state index in [-0.39, 0.29) is 0 Å². The maximum atomic E-state index is 5.99. The summed E-state index contributed by atoms with van der Waals surface area (Å²) in [5.74, 6) is 1.24. The van der Waals surface area contributed by atoms with Gasteiger partial charge in [0.1, 0.15) is 5.82 Å². The minimum Gasteiger partial charge on any atom is -0.369 e. The Hall–Kier alpha value is -1.72. The van der Waals surface area contributed by atoms with E-state index < -0.39 is 0 Å². The van der Waals surface area contributed by atoms with Crippen LogP contribution in [-0.4, -0.2) is 53.9 Å². The number of rotatable bonds is 5. The van der Waals surface area contributed by atoms with Gasteiger partial charge < -0.3 is 10.2 Å². The number of halogens is 1. The van der Waals surface area contributed by atoms with Gasteiger partial charge in [0.15, 0.2) is 0 Å². The number of hydrogen-bond acceptors (Lipinski definition) is 4. The molecule has 1 fully saturated rings. The Labute approximate surface area is 160 Å². The first kappa shape index (κ1) is 17.7. The molecule has 5 nitrogen and oxygen atoms in total. The van der Waals surface area contributed by atoms with Gasteiger partial charge in [-0.15, -0.1) is 0 Å². The van der Waals surface area contributed by atoms with Gasteiger partial charge in [-0.05, 0) is 49.9 Å². The first-order valence-electron chi connectivity index (χ1n) is 9.72. The summed E-state index contributed by atoms with van der Waals surface area (Å²) in [6.07, 6.45) is 4.88. The Morgan fingerprint density at radius 3 is 2.54 bits per heavy atom. The molecule has 1 aliphatic heterocycles. The van der Waals surface area contributed by atoms with Crippen molar-refractivity contribution in [1.82, 2.24) is 14.7 Å². The Balaban J connectivity index is 1.25. The molecule has 0 unspecified atom stereocenters. The van der Waals surface area contributed by atoms with Crippen molar-refractivity contribution in [2.24, 2.45) is 7.05 Å². The van der Waals surface area contributed by atoms with Crippen LogP contribution in [0, 0.1) is 0 Å². The van der Waals surface area contributed by atoms with Crippen LogP contribution in [0.4, 0.5) is 11.5 Å². The van der Waals surface area contributed by atoms with Crippen LogP contribution in [0.1, 0.15) is 24.1 Å². The molecule has 6 heteroatoms. The van der Waals surface area contributed by atoms with E-state index in [2.05, 4.69) is 34.3 Å². The summed E-state index contributed by atoms with van der Waals surface area (Å²) < 4.78 is 2.04. The van der Waals surface area contributed by atoms with E-state index in [0.717, 1.165) is 50.7 Å². The number of benzene rings is 1. The molecule has 2 heterocycles. The third-order valence-electron chi connectivity index (χ3n) is 5.60. The predicted octanol–water partition coefficient (Wildman–Crippen LogP) is 3.19. The lowest BCUT2D eigenvalue weighted by molar-refractivity contribution is 0.267. The monoisotopic (exact) mass is 373 g/mol. The van der Waals surface area contributed by atoms with E-state index in [1.54, 1.807) is 0 Å². The minimum absolute atomic E-state index is 0.802. The van der Waals surface area contributed by atoms with Gasteiger partial charge in [0.05, 0.1) is 5.69 Å². The number of nitrogens with zero attached hydrogens (tertiary/aromatic N) is 4. The van der Waals surface area contributed by atoms with Crippen molar-refractivity contribution < 1.29 is 0 Å². The van der Waals surface area contributed by atoms with Crippen molar-refractivity contribution >= 4 is 23.1 Å². The zero-order valence-electron chi connectivity index (χ0n) is 15.5. The number of aryl methyl sites for hydroxylation is 2. The lowest BCUT2D eigenvalue weighted by Crippen LogP contribution is -2.47. The molecule has 2 aromatic rings. The molecule has 0 atom stereocenters. The standard InChI is InChI=1S/C20H28ClN5/c1-24-20(18-4-2-3-5-19(18)23-24)22-10-11-25-12-14-26(15-13-25)17-8-6-16(21)7-9-17/h6-9,22H,2-5,10-15H2,1H3. The molecule has 0 bridgehead atoms. The summed E-state index contributed by atoms with van der Waals surface area (Å²) >= 11 is 5.99. The average Bonchev–Trinajstić information content (AvgIpc) is 2.99. The van der Waals surface area contributed by atoms with Gasteiger partial charge in [0.25, 0.3) is 0 Å². The summed E-state index contributed by atoms with van der Waals surface area (Å²) in [6, 6.07) is 8.18. The van der Waals surface area contributed by atoms with Gasteiger partial charge in [-0.1, -0.05) is 11.6 Å². The van der Waals surface area contributed by atoms with Crippen molar-refractivity contribution in [3.63, 3.8) is 0 Å². The quantitative estimate of drug-likeness (QED) is 0.873. The summed E-state index contributed by atoms with van der Waals surface area (Å²) in [4.78, 5) is 4.99. The lowest BCUT2D eigenvalue weighted by Gasteiger charge is -2.36. The van der Waals surface area contributed by atoms with Crippen LogP contribution < -0.4 is 10.2 Å². The van der Waals surface area contributed by atoms with Crippen LogP contribution >= 0.6 is 11.6 Å². The van der Waals surface area contributed by atoms with Crippen molar-refractivity contribution in [3.05, 3.63) is 40.5 Å². The van der Waals surface area contributed by atoms with Crippen molar-refractivity contribution in [3.8, 4) is 0 Å². The predicted molar refractivity (Wildman–Crippen MR) is 108 cm³/mol. The second-order valence-electron chi connectivity index (χ2n) is 7.34. The van der Waals surface area contributed by atoms with Gasteiger partial charge in [0.2, 0.25) is 0 Å². The summed E-state index contributed by atoms with van der Waals surface area (Å²) in [5, 5.41) is 9.14. The third kappa shape index (κ3) is 3.84. The van der Waals surface area contributed by atoms with E-state index >= 15 is 0 Å². The minimum atomic E-state index is 0.802. The number of aromatic nitrogens is 2. The normalized spacial score (nSPS) is 18.0. The van der Waals surface area contributed by atoms with Crippen molar-refractivity contribution in [2.45, 2.75) is 25.7 Å². The Morgan fingerprint density at radius 1 is 1.04 bits per heavy atom. The molecule has 26 heavy (non-hydrogen) atoms. The lowest BCUT2D eigenvalue weighted by atomic mass is 9.97. The second-order valence-corrected chi connectivity index (χ2v) is 7.77. The highest BCUT2D eigenvalue weighted by Gasteiger charge is 2.20. The van der Waals surface area contributed by atoms with Crippen LogP contribution in [0.25, 0.3) is 0 Å². The number of fused-ring (bicyclic) bond motifs is 1. The van der Waals surface area contributed by atoms with Crippen molar-refractivity contribution in [2.75, 3.05) is 49.5 Å². The maximum Gasteiger partial charge on any atom is 0.127 e. The fourth-order valence-corrected chi connectivity index (χ4v) is 4.24. The number of piperazine rings is 1. The Bertz CT molecular complexity index is 731. The molecule has 140 valence electrons. The topological polar surface area (TPSA) is 36.3 Å². The largest absolute Gasteiger partial charge is 0.369 e. The van der Waals surface area contributed by atoms with E-state index in [0.29, 0.717) is 0 Å². The second kappa shape index (κ2) is 7.89. The molecular weight excluding hydrogens is 346 g/mol. The first-order chi connectivity index (χ1) is 12.7. The third-order valence-corrected chi connectivity index (χ3v) is 5.86. The van der Waals surface area contributed by atoms with E-state index in [4.69, 9.17) is 16.7 Å². The zero-order chi connectivity index (χ0) is 17.9. The average molecular weight is 374 g/mol. The fourth-order valence-electron chi connectivity index (χ4n) is 4.12. The molecular formula is C20H28ClN5. The van der Waals surface area contributed by atoms with E-state index in [9.17, 15) is 0 Å². The van der Waals surface area contributed by atoms with Gasteiger partial charge in [-0.25, -0.2) is 0 Å². The smallest absolute Gasteiger partial charge is 0.127 e. The van der Waals surface area contributed by atoms with E-state index in [1.807, 2.05) is 16.8 Å². The van der Waals surface area contributed by atoms with E-state index in [1.165, 1.54) is 42.0 Å². The Morgan fingerprint density at radius 2 is 1.77 bits per heavy atom. The maximum absolute atomic E-state index is 5.99. The molecule has 0 spiro atoms. The summed E-state index contributed by atoms with van der Waals surface area (Å²) in [5.41, 5.74) is 4.03. The molecule has 1 saturated heterocycles. The molecule has 1 N–H and O–H groups in total. The van der Waals surface area contributed by atoms with Crippen LogP contribution in [0.3, 0.4) is 0 Å². The number of anilines is 2. The zero-order valence-corrected chi connectivity index (χ0v) is 16.3. The highest BCUT2D eigenvalue weighted by Crippen LogP contribution is 2.27. The summed E-state index contributed by atoms with van der Waals surface area (Å²) in [6.45, 7) is 6.41. The van der Waals surface area contributed by atoms with Crippen LogP contribution in [0.15, 0.2) is 24.3 Å². The van der Waals surface area contributed by atoms with Gasteiger partial charge in [-0.3, -0.25) is 9.58 Å². The number of hydrogen-bond donors (Lipinski definition) is 1. The Kier molecular flexibility index (Phi) is 5.36.